The van der Waals surface area contributed by atoms with E-state index in [1.165, 1.54) is 16.2 Å². The molecule has 0 spiro atoms. The molecule has 0 unspecified atom stereocenters. The number of carbonyl (C=O) groups is 3. The van der Waals surface area contributed by atoms with Crippen LogP contribution in [0.1, 0.15) is 35.6 Å². The van der Waals surface area contributed by atoms with E-state index in [0.717, 1.165) is 21.9 Å². The average molecular weight is 531 g/mol. The molecule has 190 valence electrons. The number of imide groups is 1. The maximum atomic E-state index is 13.5. The monoisotopic (exact) mass is 530 g/mol. The van der Waals surface area contributed by atoms with Crippen molar-refractivity contribution in [3.63, 3.8) is 0 Å². The fraction of sp³-hybridized carbons (Fsp3) is 0.520. The van der Waals surface area contributed by atoms with Crippen LogP contribution in [0, 0.1) is 29.6 Å². The number of H-pyrrole nitrogens is 1. The molecule has 6 rings (SSSR count). The Labute approximate surface area is 215 Å². The van der Waals surface area contributed by atoms with Crippen LogP contribution in [-0.4, -0.2) is 58.8 Å². The van der Waals surface area contributed by atoms with E-state index in [1.54, 1.807) is 26.0 Å². The Morgan fingerprint density at radius 1 is 1.11 bits per heavy atom. The van der Waals surface area contributed by atoms with Crippen LogP contribution >= 0.6 is 23.1 Å². The van der Waals surface area contributed by atoms with Gasteiger partial charge in [0.25, 0.3) is 0 Å². The Bertz CT molecular complexity index is 1320. The van der Waals surface area contributed by atoms with Gasteiger partial charge in [-0.25, -0.2) is 0 Å². The lowest BCUT2D eigenvalue weighted by Gasteiger charge is -2.43. The Morgan fingerprint density at radius 2 is 1.83 bits per heavy atom. The zero-order valence-electron chi connectivity index (χ0n) is 19.8. The average Bonchev–Trinajstić information content (AvgIpc) is 3.58. The maximum Gasteiger partial charge on any atom is 0.305 e. The largest absolute Gasteiger partial charge is 0.493 e. The van der Waals surface area contributed by atoms with Crippen LogP contribution in [0.3, 0.4) is 0 Å². The summed E-state index contributed by atoms with van der Waals surface area (Å²) in [6.07, 6.45) is 0.992. The summed E-state index contributed by atoms with van der Waals surface area (Å²) in [6.45, 7) is 0.151. The Kier molecular flexibility index (Phi) is 5.67. The number of hydrogen-bond acceptors (Lipinski definition) is 8. The molecule has 2 N–H and O–H groups in total. The lowest BCUT2D eigenvalue weighted by molar-refractivity contribution is -0.142. The van der Waals surface area contributed by atoms with E-state index in [9.17, 15) is 19.2 Å². The molecule has 1 aromatic heterocycles. The number of nitrogens with one attached hydrogen (secondary N) is 1. The molecule has 2 aromatic rings. The third-order valence-electron chi connectivity index (χ3n) is 8.35. The predicted molar refractivity (Wildman–Crippen MR) is 132 cm³/mol. The van der Waals surface area contributed by atoms with E-state index in [0.29, 0.717) is 11.5 Å². The first-order valence-electron chi connectivity index (χ1n) is 12.0. The topological polar surface area (TPSA) is 126 Å². The minimum absolute atomic E-state index is 0.0156. The lowest BCUT2D eigenvalue weighted by Crippen LogP contribution is -2.42. The molecule has 0 radical (unpaired) electrons. The van der Waals surface area contributed by atoms with E-state index in [2.05, 4.69) is 4.98 Å². The van der Waals surface area contributed by atoms with E-state index >= 15 is 0 Å². The summed E-state index contributed by atoms with van der Waals surface area (Å²) in [5.74, 6) is -0.734. The molecule has 2 saturated carbocycles. The van der Waals surface area contributed by atoms with Crippen molar-refractivity contribution in [3.8, 4) is 11.5 Å². The second-order valence-electron chi connectivity index (χ2n) is 9.90. The smallest absolute Gasteiger partial charge is 0.305 e. The van der Waals surface area contributed by atoms with Gasteiger partial charge in [-0.15, -0.1) is 11.8 Å². The standard InChI is InChI=1S/C25H26N2O7S2/c1-33-13-6-5-10(8-14(13)34-2)16-17-11-9-12(20(17)35-22-21(16)36-25(32)26-22)19-18(11)23(30)27(24(19)31)7-3-4-15(28)29/h5-6,8,11-12,16-20H,3-4,7,9H2,1-2H3,(H,26,32)(H,28,29)/t11-,12+,16+,17-,18+,19+,20-/m1/s1. The molecule has 3 fully saturated rings. The van der Waals surface area contributed by atoms with Crippen molar-refractivity contribution in [2.45, 2.75) is 35.5 Å². The summed E-state index contributed by atoms with van der Waals surface area (Å²) in [5.41, 5.74) is 0.999. The number of thiazole rings is 1. The molecule has 2 aliphatic heterocycles. The molecule has 2 aliphatic carbocycles. The first-order valence-corrected chi connectivity index (χ1v) is 13.7. The molecule has 9 nitrogen and oxygen atoms in total. The quantitative estimate of drug-likeness (QED) is 0.524. The van der Waals surface area contributed by atoms with Crippen LogP contribution in [0.25, 0.3) is 0 Å². The Hall–Kier alpha value is -2.79. The van der Waals surface area contributed by atoms with Gasteiger partial charge in [0.2, 0.25) is 11.8 Å². The third kappa shape index (κ3) is 3.35. The number of aromatic nitrogens is 1. The van der Waals surface area contributed by atoms with Crippen molar-refractivity contribution in [3.05, 3.63) is 38.3 Å². The molecule has 3 heterocycles. The SMILES string of the molecule is COc1ccc([C@@H]2c3sc(=O)[nH]c3S[C@@H]3[C@H]4C[C@@H]([C@@H]5C(=O)N(CCCC(=O)O)C(=O)[C@@H]45)[C@H]23)cc1OC. The molecule has 11 heteroatoms. The predicted octanol–water partition coefficient (Wildman–Crippen LogP) is 2.79. The molecular formula is C25H26N2O7S2. The number of thioether (sulfide) groups is 1. The van der Waals surface area contributed by atoms with Crippen molar-refractivity contribution in [2.75, 3.05) is 20.8 Å². The number of aromatic amines is 1. The number of rotatable bonds is 7. The highest BCUT2D eigenvalue weighted by Gasteiger charge is 2.69. The van der Waals surface area contributed by atoms with Gasteiger partial charge in [0.15, 0.2) is 11.5 Å². The van der Waals surface area contributed by atoms with Gasteiger partial charge in [-0.1, -0.05) is 17.4 Å². The summed E-state index contributed by atoms with van der Waals surface area (Å²) in [6, 6.07) is 5.81. The van der Waals surface area contributed by atoms with Gasteiger partial charge in [0.1, 0.15) is 0 Å². The summed E-state index contributed by atoms with van der Waals surface area (Å²) < 4.78 is 11.0. The van der Waals surface area contributed by atoms with E-state index in [1.807, 2.05) is 18.2 Å². The number of carboxylic acids is 1. The number of benzene rings is 1. The van der Waals surface area contributed by atoms with Crippen molar-refractivity contribution >= 4 is 40.9 Å². The molecule has 2 bridgehead atoms. The number of aliphatic carboxylic acids is 1. The van der Waals surface area contributed by atoms with Crippen LogP contribution < -0.4 is 14.3 Å². The summed E-state index contributed by atoms with van der Waals surface area (Å²) in [4.78, 5) is 55.3. The fourth-order valence-corrected chi connectivity index (χ4v) is 10.00. The van der Waals surface area contributed by atoms with Crippen LogP contribution in [-0.2, 0) is 14.4 Å². The maximum absolute atomic E-state index is 13.5. The lowest BCUT2D eigenvalue weighted by atomic mass is 9.68. The molecule has 7 atom stereocenters. The van der Waals surface area contributed by atoms with E-state index < -0.39 is 5.97 Å². The van der Waals surface area contributed by atoms with Gasteiger partial charge in [0.05, 0.1) is 31.1 Å². The van der Waals surface area contributed by atoms with Crippen LogP contribution in [0.4, 0.5) is 0 Å². The number of carboxylic acid groups (broad SMARTS) is 1. The van der Waals surface area contributed by atoms with Crippen molar-refractivity contribution in [1.29, 1.82) is 0 Å². The van der Waals surface area contributed by atoms with Crippen molar-refractivity contribution < 1.29 is 29.0 Å². The van der Waals surface area contributed by atoms with Crippen LogP contribution in [0.2, 0.25) is 0 Å². The molecule has 2 amide bonds. The summed E-state index contributed by atoms with van der Waals surface area (Å²) >= 11 is 2.85. The second-order valence-corrected chi connectivity index (χ2v) is 12.1. The van der Waals surface area contributed by atoms with Crippen molar-refractivity contribution in [1.82, 2.24) is 9.88 Å². The highest BCUT2D eigenvalue weighted by molar-refractivity contribution is 8.00. The molecule has 36 heavy (non-hydrogen) atoms. The first kappa shape index (κ1) is 23.6. The van der Waals surface area contributed by atoms with Gasteiger partial charge in [-0.05, 0) is 48.3 Å². The molecule has 1 saturated heterocycles. The van der Waals surface area contributed by atoms with E-state index in [-0.39, 0.29) is 76.8 Å². The van der Waals surface area contributed by atoms with Gasteiger partial charge < -0.3 is 19.6 Å². The van der Waals surface area contributed by atoms with Gasteiger partial charge in [-0.2, -0.15) is 0 Å². The third-order valence-corrected chi connectivity index (χ3v) is 10.9. The number of fused-ring (bicyclic) bond motifs is 9. The van der Waals surface area contributed by atoms with Gasteiger partial charge in [-0.3, -0.25) is 24.1 Å². The molecular weight excluding hydrogens is 504 g/mol. The minimum atomic E-state index is -0.935. The number of carbonyl (C=O) groups excluding carboxylic acids is 2. The van der Waals surface area contributed by atoms with E-state index in [4.69, 9.17) is 14.6 Å². The minimum Gasteiger partial charge on any atom is -0.493 e. The zero-order valence-corrected chi connectivity index (χ0v) is 21.4. The number of likely N-dealkylation sites (tertiary alicyclic amines) is 1. The molecule has 1 aromatic carbocycles. The number of ether oxygens (including phenoxy) is 2. The zero-order chi connectivity index (χ0) is 25.3. The Balaban J connectivity index is 1.38. The second kappa shape index (κ2) is 8.65. The van der Waals surface area contributed by atoms with Crippen LogP contribution in [0.15, 0.2) is 28.0 Å². The number of hydrogen-bond donors (Lipinski definition) is 2. The van der Waals surface area contributed by atoms with Gasteiger partial charge >= 0.3 is 10.8 Å². The van der Waals surface area contributed by atoms with Crippen LogP contribution in [0.5, 0.6) is 11.5 Å². The Morgan fingerprint density at radius 3 is 2.53 bits per heavy atom. The van der Waals surface area contributed by atoms with Crippen molar-refractivity contribution in [2.24, 2.45) is 29.6 Å². The van der Waals surface area contributed by atoms with Gasteiger partial charge in [0, 0.05) is 29.0 Å². The highest BCUT2D eigenvalue weighted by atomic mass is 32.2. The fourth-order valence-electron chi connectivity index (χ4n) is 7.11. The normalized spacial score (nSPS) is 31.8. The summed E-state index contributed by atoms with van der Waals surface area (Å²) in [7, 11) is 3.17. The highest BCUT2D eigenvalue weighted by Crippen LogP contribution is 2.68. The number of methoxy groups -OCH3 is 2. The first-order chi connectivity index (χ1) is 17.3. The summed E-state index contributed by atoms with van der Waals surface area (Å²) in [5, 5.41) is 9.93. The number of amides is 2. The number of nitrogens with zero attached hydrogens (tertiary/aromatic N) is 1. The molecule has 4 aliphatic rings.